The van der Waals surface area contributed by atoms with Gasteiger partial charge in [0.2, 0.25) is 0 Å². The van der Waals surface area contributed by atoms with Gasteiger partial charge in [0.15, 0.2) is 8.07 Å². The Balaban J connectivity index is 2.24. The van der Waals surface area contributed by atoms with Crippen LogP contribution in [-0.2, 0) is 0 Å². The average Bonchev–Trinajstić information content (AvgIpc) is 2.75. The standard InChI is InChI=1S/C27H34OSi2/c1-27(2,3)29(4,5)26(28)21-22-30(23-15-9-6-10-16-23,24-17-11-7-12-18-24)25-19-13-8-14-20-25/h6-22,26,28H,1-5H3/b22-21+. The van der Waals surface area contributed by atoms with Crippen LogP contribution in [0.5, 0.6) is 0 Å². The molecule has 0 bridgehead atoms. The third-order valence-corrected chi connectivity index (χ3v) is 16.9. The lowest BCUT2D eigenvalue weighted by Gasteiger charge is -2.40. The van der Waals surface area contributed by atoms with Crippen LogP contribution in [0.15, 0.2) is 103 Å². The molecule has 1 atom stereocenters. The fraction of sp³-hybridized carbons (Fsp3) is 0.259. The van der Waals surface area contributed by atoms with Crippen molar-refractivity contribution < 1.29 is 5.11 Å². The maximum absolute atomic E-state index is 11.3. The van der Waals surface area contributed by atoms with Gasteiger partial charge in [-0.05, 0) is 20.6 Å². The van der Waals surface area contributed by atoms with E-state index in [0.29, 0.717) is 0 Å². The zero-order valence-corrected chi connectivity index (χ0v) is 20.8. The summed E-state index contributed by atoms with van der Waals surface area (Å²) in [5, 5.41) is 15.4. The summed E-state index contributed by atoms with van der Waals surface area (Å²) in [5.74, 6) is 0. The van der Waals surface area contributed by atoms with Gasteiger partial charge in [0.05, 0.1) is 13.8 Å². The van der Waals surface area contributed by atoms with E-state index in [1.54, 1.807) is 0 Å². The molecule has 3 rings (SSSR count). The summed E-state index contributed by atoms with van der Waals surface area (Å²) in [7, 11) is -4.36. The van der Waals surface area contributed by atoms with Crippen molar-refractivity contribution in [3.63, 3.8) is 0 Å². The van der Waals surface area contributed by atoms with Gasteiger partial charge in [0.1, 0.15) is 0 Å². The molecule has 3 aromatic carbocycles. The second-order valence-corrected chi connectivity index (χ2v) is 18.9. The number of rotatable bonds is 6. The number of hydrogen-bond donors (Lipinski definition) is 1. The maximum atomic E-state index is 11.3. The fourth-order valence-corrected chi connectivity index (χ4v) is 9.67. The minimum absolute atomic E-state index is 0.118. The molecule has 1 N–H and O–H groups in total. The van der Waals surface area contributed by atoms with Crippen LogP contribution in [0, 0.1) is 0 Å². The minimum Gasteiger partial charge on any atom is -0.393 e. The Morgan fingerprint density at radius 2 is 1.00 bits per heavy atom. The van der Waals surface area contributed by atoms with Gasteiger partial charge in [-0.1, -0.05) is 137 Å². The molecule has 3 heteroatoms. The van der Waals surface area contributed by atoms with Crippen molar-refractivity contribution >= 4 is 31.7 Å². The van der Waals surface area contributed by atoms with E-state index in [1.165, 1.54) is 15.6 Å². The molecule has 3 aromatic rings. The predicted octanol–water partition coefficient (Wildman–Crippen LogP) is 4.66. The highest BCUT2D eigenvalue weighted by atomic mass is 28.3. The van der Waals surface area contributed by atoms with E-state index >= 15 is 0 Å². The summed E-state index contributed by atoms with van der Waals surface area (Å²) in [6, 6.07) is 32.5. The van der Waals surface area contributed by atoms with Gasteiger partial charge in [-0.2, -0.15) is 0 Å². The second kappa shape index (κ2) is 8.88. The van der Waals surface area contributed by atoms with Gasteiger partial charge >= 0.3 is 0 Å². The van der Waals surface area contributed by atoms with Gasteiger partial charge in [0.25, 0.3) is 0 Å². The van der Waals surface area contributed by atoms with Crippen LogP contribution in [0.25, 0.3) is 0 Å². The van der Waals surface area contributed by atoms with E-state index in [2.05, 4.69) is 137 Å². The number of benzene rings is 3. The van der Waals surface area contributed by atoms with Gasteiger partial charge in [-0.3, -0.25) is 0 Å². The molecule has 0 saturated carbocycles. The van der Waals surface area contributed by atoms with Crippen LogP contribution >= 0.6 is 0 Å². The Morgan fingerprint density at radius 1 is 0.667 bits per heavy atom. The predicted molar refractivity (Wildman–Crippen MR) is 136 cm³/mol. The number of aliphatic hydroxyl groups is 1. The molecular formula is C27H34OSi2. The quantitative estimate of drug-likeness (QED) is 0.445. The van der Waals surface area contributed by atoms with Crippen molar-refractivity contribution in [3.8, 4) is 0 Å². The highest BCUT2D eigenvalue weighted by Gasteiger charge is 2.42. The summed E-state index contributed by atoms with van der Waals surface area (Å²) in [5.41, 5.74) is 1.97. The molecule has 0 radical (unpaired) electrons. The van der Waals surface area contributed by atoms with Crippen LogP contribution in [0.1, 0.15) is 20.8 Å². The largest absolute Gasteiger partial charge is 0.393 e. The van der Waals surface area contributed by atoms with E-state index in [0.717, 1.165) is 0 Å². The monoisotopic (exact) mass is 430 g/mol. The zero-order chi connectivity index (χ0) is 21.8. The van der Waals surface area contributed by atoms with Crippen LogP contribution < -0.4 is 15.6 Å². The lowest BCUT2D eigenvalue weighted by Crippen LogP contribution is -2.66. The molecule has 0 aliphatic rings. The minimum atomic E-state index is -2.44. The Morgan fingerprint density at radius 3 is 1.30 bits per heavy atom. The number of aliphatic hydroxyl groups excluding tert-OH is 1. The van der Waals surface area contributed by atoms with E-state index in [9.17, 15) is 5.11 Å². The molecule has 0 fully saturated rings. The Bertz CT molecular complexity index is 861. The first-order chi connectivity index (χ1) is 14.2. The normalized spacial score (nSPS) is 14.1. The van der Waals surface area contributed by atoms with Crippen molar-refractivity contribution in [2.45, 2.75) is 44.6 Å². The second-order valence-electron chi connectivity index (χ2n) is 9.68. The lowest BCUT2D eigenvalue weighted by atomic mass is 10.2. The SMILES string of the molecule is CC(C)(C)[Si](C)(C)C(O)/C=C/[Si](c1ccccc1)(c1ccccc1)c1ccccc1. The van der Waals surface area contributed by atoms with Crippen molar-refractivity contribution in [2.75, 3.05) is 0 Å². The Labute approximate surface area is 184 Å². The van der Waals surface area contributed by atoms with Crippen LogP contribution in [0.4, 0.5) is 0 Å². The van der Waals surface area contributed by atoms with Gasteiger partial charge in [-0.15, -0.1) is 0 Å². The topological polar surface area (TPSA) is 20.2 Å². The van der Waals surface area contributed by atoms with Gasteiger partial charge in [0, 0.05) is 0 Å². The van der Waals surface area contributed by atoms with Crippen molar-refractivity contribution in [1.82, 2.24) is 0 Å². The Hall–Kier alpha value is -2.21. The highest BCUT2D eigenvalue weighted by molar-refractivity contribution is 7.14. The lowest BCUT2D eigenvalue weighted by molar-refractivity contribution is 0.284. The van der Waals surface area contributed by atoms with Gasteiger partial charge in [-0.25, -0.2) is 0 Å². The van der Waals surface area contributed by atoms with Crippen LogP contribution in [0.3, 0.4) is 0 Å². The van der Waals surface area contributed by atoms with Gasteiger partial charge < -0.3 is 5.11 Å². The molecule has 0 spiro atoms. The first-order valence-electron chi connectivity index (χ1n) is 10.7. The van der Waals surface area contributed by atoms with Crippen molar-refractivity contribution in [2.24, 2.45) is 0 Å². The maximum Gasteiger partial charge on any atom is 0.172 e. The smallest absolute Gasteiger partial charge is 0.172 e. The van der Waals surface area contributed by atoms with E-state index < -0.39 is 21.9 Å². The average molecular weight is 431 g/mol. The molecule has 1 unspecified atom stereocenters. The molecule has 0 aromatic heterocycles. The highest BCUT2D eigenvalue weighted by Crippen LogP contribution is 2.38. The molecule has 0 amide bonds. The molecular weight excluding hydrogens is 396 g/mol. The van der Waals surface area contributed by atoms with E-state index in [1.807, 2.05) is 0 Å². The molecule has 0 aliphatic heterocycles. The summed E-state index contributed by atoms with van der Waals surface area (Å²) in [6.45, 7) is 11.4. The molecule has 0 heterocycles. The fourth-order valence-electron chi connectivity index (χ4n) is 3.81. The summed E-state index contributed by atoms with van der Waals surface area (Å²) >= 11 is 0. The van der Waals surface area contributed by atoms with E-state index in [4.69, 9.17) is 0 Å². The molecule has 156 valence electrons. The third-order valence-electron chi connectivity index (χ3n) is 6.89. The molecule has 0 saturated heterocycles. The first-order valence-corrected chi connectivity index (χ1v) is 15.9. The number of hydrogen-bond acceptors (Lipinski definition) is 1. The Kier molecular flexibility index (Phi) is 6.66. The summed E-state index contributed by atoms with van der Waals surface area (Å²) < 4.78 is 0. The molecule has 30 heavy (non-hydrogen) atoms. The molecule has 0 aliphatic carbocycles. The van der Waals surface area contributed by atoms with Crippen LogP contribution in [-0.4, -0.2) is 27.0 Å². The van der Waals surface area contributed by atoms with Crippen LogP contribution in [0.2, 0.25) is 18.1 Å². The third kappa shape index (κ3) is 4.29. The van der Waals surface area contributed by atoms with Crippen molar-refractivity contribution in [3.05, 3.63) is 103 Å². The van der Waals surface area contributed by atoms with E-state index in [-0.39, 0.29) is 5.04 Å². The summed E-state index contributed by atoms with van der Waals surface area (Å²) in [6.07, 6.45) is 2.12. The summed E-state index contributed by atoms with van der Waals surface area (Å²) in [4.78, 5) is 0. The first kappa shape index (κ1) is 22.5. The molecule has 1 nitrogen and oxygen atoms in total. The zero-order valence-electron chi connectivity index (χ0n) is 18.8. The van der Waals surface area contributed by atoms with Crippen molar-refractivity contribution in [1.29, 1.82) is 0 Å².